The number of hydrogen-bond donors (Lipinski definition) is 0. The van der Waals surface area contributed by atoms with Gasteiger partial charge in [-0.15, -0.1) is 21.5 Å². The summed E-state index contributed by atoms with van der Waals surface area (Å²) in [5.41, 5.74) is 1.75. The summed E-state index contributed by atoms with van der Waals surface area (Å²) in [6.07, 6.45) is 1.00. The monoisotopic (exact) mass is 114 g/mol. The van der Waals surface area contributed by atoms with E-state index in [1.54, 1.807) is 16.8 Å². The van der Waals surface area contributed by atoms with E-state index in [1.807, 2.05) is 0 Å². The average molecular weight is 114 g/mol. The topological polar surface area (TPSA) is 25.8 Å². The highest BCUT2D eigenvalue weighted by atomic mass is 32.1. The fourth-order valence-electron chi connectivity index (χ4n) is 0.350. The van der Waals surface area contributed by atoms with E-state index < -0.39 is 0 Å². The molecule has 0 unspecified atom stereocenters. The SMILES string of the molecule is CCc1nncs1. The Hall–Kier alpha value is -0.440. The molecule has 0 bridgehead atoms. The van der Waals surface area contributed by atoms with E-state index in [-0.39, 0.29) is 0 Å². The second-order valence-corrected chi connectivity index (χ2v) is 2.10. The van der Waals surface area contributed by atoms with Crippen LogP contribution in [-0.2, 0) is 6.42 Å². The lowest BCUT2D eigenvalue weighted by molar-refractivity contribution is 0.984. The summed E-state index contributed by atoms with van der Waals surface area (Å²) < 4.78 is 0. The van der Waals surface area contributed by atoms with Crippen LogP contribution in [-0.4, -0.2) is 10.2 Å². The lowest BCUT2D eigenvalue weighted by atomic mass is 10.5. The number of aryl methyl sites for hydroxylation is 1. The summed E-state index contributed by atoms with van der Waals surface area (Å²) in [5, 5.41) is 8.58. The Labute approximate surface area is 46.2 Å². The predicted molar refractivity (Wildman–Crippen MR) is 29.3 cm³/mol. The molecule has 0 saturated heterocycles. The van der Waals surface area contributed by atoms with E-state index in [1.165, 1.54) is 0 Å². The lowest BCUT2D eigenvalue weighted by Gasteiger charge is -1.74. The van der Waals surface area contributed by atoms with Crippen molar-refractivity contribution in [3.8, 4) is 0 Å². The van der Waals surface area contributed by atoms with Crippen molar-refractivity contribution in [3.05, 3.63) is 10.5 Å². The molecule has 0 fully saturated rings. The summed E-state index contributed by atoms with van der Waals surface area (Å²) in [4.78, 5) is 0. The van der Waals surface area contributed by atoms with Crippen molar-refractivity contribution in [1.29, 1.82) is 0 Å². The molecule has 0 amide bonds. The van der Waals surface area contributed by atoms with Crippen molar-refractivity contribution in [1.82, 2.24) is 10.2 Å². The van der Waals surface area contributed by atoms with E-state index in [0.717, 1.165) is 11.4 Å². The van der Waals surface area contributed by atoms with E-state index in [2.05, 4.69) is 17.1 Å². The number of aromatic nitrogens is 2. The first kappa shape index (κ1) is 4.71. The van der Waals surface area contributed by atoms with Crippen LogP contribution in [0.5, 0.6) is 0 Å². The summed E-state index contributed by atoms with van der Waals surface area (Å²) in [5.74, 6) is 0. The minimum Gasteiger partial charge on any atom is -0.147 e. The normalized spacial score (nSPS) is 9.29. The molecule has 0 atom stereocenters. The second-order valence-electron chi connectivity index (χ2n) is 1.19. The fraction of sp³-hybridized carbons (Fsp3) is 0.500. The summed E-state index contributed by atoms with van der Waals surface area (Å²) in [6.45, 7) is 2.07. The van der Waals surface area contributed by atoms with Crippen molar-refractivity contribution in [2.45, 2.75) is 13.3 Å². The van der Waals surface area contributed by atoms with E-state index in [0.29, 0.717) is 0 Å². The van der Waals surface area contributed by atoms with Crippen molar-refractivity contribution in [2.24, 2.45) is 0 Å². The third-order valence-electron chi connectivity index (χ3n) is 0.708. The van der Waals surface area contributed by atoms with Crippen LogP contribution in [0.2, 0.25) is 0 Å². The van der Waals surface area contributed by atoms with Gasteiger partial charge < -0.3 is 0 Å². The molecular formula is C4H6N2S. The fourth-order valence-corrected chi connectivity index (χ4v) is 0.827. The average Bonchev–Trinajstić information content (AvgIpc) is 2.14. The number of hydrogen-bond acceptors (Lipinski definition) is 3. The quantitative estimate of drug-likeness (QED) is 0.546. The Morgan fingerprint density at radius 2 is 2.71 bits per heavy atom. The van der Waals surface area contributed by atoms with Crippen molar-refractivity contribution < 1.29 is 0 Å². The van der Waals surface area contributed by atoms with Crippen LogP contribution in [0.3, 0.4) is 0 Å². The highest BCUT2D eigenvalue weighted by Gasteiger charge is 1.86. The zero-order chi connectivity index (χ0) is 5.11. The molecule has 0 aromatic carbocycles. The van der Waals surface area contributed by atoms with Crippen LogP contribution in [0.4, 0.5) is 0 Å². The summed E-state index contributed by atoms with van der Waals surface area (Å²) in [6, 6.07) is 0. The maximum absolute atomic E-state index is 3.80. The Kier molecular flexibility index (Phi) is 1.36. The molecule has 38 valence electrons. The first-order valence-corrected chi connectivity index (χ1v) is 3.06. The molecule has 0 radical (unpaired) electrons. The maximum atomic E-state index is 3.80. The standard InChI is InChI=1S/C4H6N2S/c1-2-4-6-5-3-7-4/h3H,2H2,1H3. The summed E-state index contributed by atoms with van der Waals surface area (Å²) >= 11 is 1.60. The molecule has 0 aliphatic carbocycles. The second kappa shape index (κ2) is 2.02. The zero-order valence-electron chi connectivity index (χ0n) is 4.09. The molecule has 1 aromatic heterocycles. The maximum Gasteiger partial charge on any atom is 0.116 e. The Morgan fingerprint density at radius 1 is 1.86 bits per heavy atom. The molecule has 0 N–H and O–H groups in total. The molecule has 0 aliphatic heterocycles. The smallest absolute Gasteiger partial charge is 0.116 e. The van der Waals surface area contributed by atoms with Crippen LogP contribution in [0.15, 0.2) is 5.51 Å². The van der Waals surface area contributed by atoms with Crippen LogP contribution in [0.25, 0.3) is 0 Å². The molecule has 2 nitrogen and oxygen atoms in total. The minimum absolute atomic E-state index is 1.00. The Morgan fingerprint density at radius 3 is 3.00 bits per heavy atom. The molecular weight excluding hydrogens is 108 g/mol. The van der Waals surface area contributed by atoms with E-state index >= 15 is 0 Å². The van der Waals surface area contributed by atoms with Gasteiger partial charge in [0.1, 0.15) is 10.5 Å². The van der Waals surface area contributed by atoms with Gasteiger partial charge >= 0.3 is 0 Å². The van der Waals surface area contributed by atoms with Crippen LogP contribution < -0.4 is 0 Å². The van der Waals surface area contributed by atoms with Crippen molar-refractivity contribution in [2.75, 3.05) is 0 Å². The molecule has 1 rings (SSSR count). The first-order chi connectivity index (χ1) is 3.43. The summed E-state index contributed by atoms with van der Waals surface area (Å²) in [7, 11) is 0. The van der Waals surface area contributed by atoms with Gasteiger partial charge in [0.25, 0.3) is 0 Å². The number of rotatable bonds is 1. The van der Waals surface area contributed by atoms with Crippen LogP contribution >= 0.6 is 11.3 Å². The van der Waals surface area contributed by atoms with Crippen molar-refractivity contribution >= 4 is 11.3 Å². The lowest BCUT2D eigenvalue weighted by Crippen LogP contribution is -1.74. The van der Waals surface area contributed by atoms with E-state index in [4.69, 9.17) is 0 Å². The minimum atomic E-state index is 1.00. The van der Waals surface area contributed by atoms with Crippen LogP contribution in [0, 0.1) is 0 Å². The molecule has 1 aromatic rings. The highest BCUT2D eigenvalue weighted by Crippen LogP contribution is 1.99. The van der Waals surface area contributed by atoms with Crippen molar-refractivity contribution in [3.63, 3.8) is 0 Å². The molecule has 3 heteroatoms. The molecule has 0 aliphatic rings. The van der Waals surface area contributed by atoms with Crippen LogP contribution in [0.1, 0.15) is 11.9 Å². The largest absolute Gasteiger partial charge is 0.147 e. The van der Waals surface area contributed by atoms with Gasteiger partial charge in [0.05, 0.1) is 0 Å². The molecule has 1 heterocycles. The Bertz CT molecular complexity index is 124. The van der Waals surface area contributed by atoms with Gasteiger partial charge in [-0.05, 0) is 6.42 Å². The van der Waals surface area contributed by atoms with Gasteiger partial charge in [0, 0.05) is 0 Å². The van der Waals surface area contributed by atoms with Gasteiger partial charge in [-0.1, -0.05) is 6.92 Å². The van der Waals surface area contributed by atoms with E-state index in [9.17, 15) is 0 Å². The predicted octanol–water partition coefficient (Wildman–Crippen LogP) is 1.10. The van der Waals surface area contributed by atoms with Gasteiger partial charge in [-0.25, -0.2) is 0 Å². The van der Waals surface area contributed by atoms with Gasteiger partial charge in [-0.2, -0.15) is 0 Å². The molecule has 0 spiro atoms. The molecule has 7 heavy (non-hydrogen) atoms. The third kappa shape index (κ3) is 0.962. The number of nitrogens with zero attached hydrogens (tertiary/aromatic N) is 2. The zero-order valence-corrected chi connectivity index (χ0v) is 4.90. The van der Waals surface area contributed by atoms with Gasteiger partial charge in [0.15, 0.2) is 0 Å². The Balaban J connectivity index is 2.76. The third-order valence-corrected chi connectivity index (χ3v) is 1.55. The van der Waals surface area contributed by atoms with Gasteiger partial charge in [-0.3, -0.25) is 0 Å². The highest BCUT2D eigenvalue weighted by molar-refractivity contribution is 7.09. The molecule has 0 saturated carbocycles. The first-order valence-electron chi connectivity index (χ1n) is 2.18. The van der Waals surface area contributed by atoms with Gasteiger partial charge in [0.2, 0.25) is 0 Å².